The second-order valence-corrected chi connectivity index (χ2v) is 8.99. The smallest absolute Gasteiger partial charge is 0.254 e. The second kappa shape index (κ2) is 8.25. The lowest BCUT2D eigenvalue weighted by Crippen LogP contribution is -2.45. The van der Waals surface area contributed by atoms with Gasteiger partial charge in [-0.15, -0.1) is 0 Å². The summed E-state index contributed by atoms with van der Waals surface area (Å²) in [6.45, 7) is 2.58. The predicted molar refractivity (Wildman–Crippen MR) is 119 cm³/mol. The van der Waals surface area contributed by atoms with E-state index in [1.54, 1.807) is 0 Å². The Labute approximate surface area is 178 Å². The van der Waals surface area contributed by atoms with Gasteiger partial charge in [-0.1, -0.05) is 43.5 Å². The average Bonchev–Trinajstić information content (AvgIpc) is 3.34. The summed E-state index contributed by atoms with van der Waals surface area (Å²) in [5, 5.41) is 0. The summed E-state index contributed by atoms with van der Waals surface area (Å²) in [4.78, 5) is 29.7. The highest BCUT2D eigenvalue weighted by atomic mass is 16.2. The third-order valence-corrected chi connectivity index (χ3v) is 7.09. The van der Waals surface area contributed by atoms with Crippen LogP contribution in [0, 0.1) is 0 Å². The van der Waals surface area contributed by atoms with E-state index in [0.29, 0.717) is 6.04 Å². The van der Waals surface area contributed by atoms with Crippen LogP contribution in [0.3, 0.4) is 0 Å². The normalized spacial score (nSPS) is 19.8. The molecule has 4 heteroatoms. The van der Waals surface area contributed by atoms with Gasteiger partial charge in [-0.2, -0.15) is 0 Å². The van der Waals surface area contributed by atoms with Gasteiger partial charge in [0, 0.05) is 36.8 Å². The first-order valence-electron chi connectivity index (χ1n) is 11.5. The molecule has 2 aromatic carbocycles. The molecular formula is C26H30N2O2. The van der Waals surface area contributed by atoms with Crippen LogP contribution in [-0.4, -0.2) is 47.3 Å². The Bertz CT molecular complexity index is 938. The minimum atomic E-state index is 0.137. The zero-order valence-electron chi connectivity index (χ0n) is 17.6. The van der Waals surface area contributed by atoms with Gasteiger partial charge in [0.25, 0.3) is 11.8 Å². The maximum atomic E-state index is 13.1. The van der Waals surface area contributed by atoms with Gasteiger partial charge >= 0.3 is 0 Å². The van der Waals surface area contributed by atoms with Crippen molar-refractivity contribution in [2.24, 2.45) is 0 Å². The van der Waals surface area contributed by atoms with E-state index in [1.807, 2.05) is 35.2 Å². The number of hydrogen-bond donors (Lipinski definition) is 0. The van der Waals surface area contributed by atoms with Crippen molar-refractivity contribution in [2.45, 2.75) is 57.4 Å². The van der Waals surface area contributed by atoms with E-state index in [0.717, 1.165) is 79.6 Å². The van der Waals surface area contributed by atoms with Gasteiger partial charge in [0.1, 0.15) is 0 Å². The molecule has 2 aromatic rings. The van der Waals surface area contributed by atoms with Crippen LogP contribution in [0.2, 0.25) is 0 Å². The molecule has 5 rings (SSSR count). The molecule has 0 atom stereocenters. The molecular weight excluding hydrogens is 372 g/mol. The SMILES string of the molecule is O=C(c1ccc(-c2ccc3c(c2)CCN(C2CCCCC2)C3=O)cc1)N1CCCC1. The van der Waals surface area contributed by atoms with Crippen molar-refractivity contribution in [3.05, 3.63) is 59.2 Å². The van der Waals surface area contributed by atoms with Crippen molar-refractivity contribution in [3.8, 4) is 11.1 Å². The van der Waals surface area contributed by atoms with E-state index in [1.165, 1.54) is 19.3 Å². The Morgan fingerprint density at radius 2 is 1.50 bits per heavy atom. The number of nitrogens with zero attached hydrogens (tertiary/aromatic N) is 2. The van der Waals surface area contributed by atoms with Gasteiger partial charge in [0.2, 0.25) is 0 Å². The Balaban J connectivity index is 1.33. The number of rotatable bonds is 3. The molecule has 156 valence electrons. The average molecular weight is 403 g/mol. The maximum absolute atomic E-state index is 13.1. The van der Waals surface area contributed by atoms with E-state index in [2.05, 4.69) is 17.0 Å². The number of fused-ring (bicyclic) bond motifs is 1. The predicted octanol–water partition coefficient (Wildman–Crippen LogP) is 4.92. The van der Waals surface area contributed by atoms with Gasteiger partial charge in [0.05, 0.1) is 0 Å². The van der Waals surface area contributed by atoms with Gasteiger partial charge in [-0.05, 0) is 67.0 Å². The molecule has 1 saturated carbocycles. The molecule has 1 aliphatic carbocycles. The number of likely N-dealkylation sites (tertiary alicyclic amines) is 1. The highest BCUT2D eigenvalue weighted by molar-refractivity contribution is 5.98. The molecule has 2 fully saturated rings. The van der Waals surface area contributed by atoms with Crippen molar-refractivity contribution in [3.63, 3.8) is 0 Å². The lowest BCUT2D eigenvalue weighted by atomic mass is 9.89. The molecule has 0 aromatic heterocycles. The van der Waals surface area contributed by atoms with Gasteiger partial charge < -0.3 is 9.80 Å². The monoisotopic (exact) mass is 402 g/mol. The lowest BCUT2D eigenvalue weighted by molar-refractivity contribution is 0.0615. The first kappa shape index (κ1) is 19.3. The Hall–Kier alpha value is -2.62. The van der Waals surface area contributed by atoms with Crippen molar-refractivity contribution < 1.29 is 9.59 Å². The number of carbonyl (C=O) groups is 2. The molecule has 2 amide bonds. The van der Waals surface area contributed by atoms with Crippen molar-refractivity contribution in [2.75, 3.05) is 19.6 Å². The number of amides is 2. The molecule has 3 aliphatic rings. The van der Waals surface area contributed by atoms with Crippen LogP contribution in [0.5, 0.6) is 0 Å². The second-order valence-electron chi connectivity index (χ2n) is 8.99. The molecule has 1 saturated heterocycles. The highest BCUT2D eigenvalue weighted by Crippen LogP contribution is 2.30. The third-order valence-electron chi connectivity index (χ3n) is 7.09. The number of hydrogen-bond acceptors (Lipinski definition) is 2. The van der Waals surface area contributed by atoms with Gasteiger partial charge in [0.15, 0.2) is 0 Å². The fraction of sp³-hybridized carbons (Fsp3) is 0.462. The van der Waals surface area contributed by atoms with E-state index >= 15 is 0 Å². The molecule has 2 aliphatic heterocycles. The summed E-state index contributed by atoms with van der Waals surface area (Å²) in [7, 11) is 0. The zero-order chi connectivity index (χ0) is 20.5. The molecule has 2 heterocycles. The molecule has 30 heavy (non-hydrogen) atoms. The number of carbonyl (C=O) groups excluding carboxylic acids is 2. The van der Waals surface area contributed by atoms with Crippen LogP contribution < -0.4 is 0 Å². The molecule has 0 unspecified atom stereocenters. The van der Waals surface area contributed by atoms with Crippen LogP contribution in [0.25, 0.3) is 11.1 Å². The van der Waals surface area contributed by atoms with Gasteiger partial charge in [-0.3, -0.25) is 9.59 Å². The first-order valence-corrected chi connectivity index (χ1v) is 11.5. The standard InChI is InChI=1S/C26H30N2O2/c29-25(27-15-4-5-16-27)20-10-8-19(9-11-20)21-12-13-24-22(18-21)14-17-28(26(24)30)23-6-2-1-3-7-23/h8-13,18,23H,1-7,14-17H2. The number of benzene rings is 2. The minimum Gasteiger partial charge on any atom is -0.339 e. The summed E-state index contributed by atoms with van der Waals surface area (Å²) in [6, 6.07) is 14.6. The first-order chi connectivity index (χ1) is 14.7. The molecule has 0 spiro atoms. The summed E-state index contributed by atoms with van der Waals surface area (Å²) in [6.07, 6.45) is 9.25. The quantitative estimate of drug-likeness (QED) is 0.731. The van der Waals surface area contributed by atoms with Crippen LogP contribution in [0.4, 0.5) is 0 Å². The van der Waals surface area contributed by atoms with Crippen molar-refractivity contribution in [1.29, 1.82) is 0 Å². The van der Waals surface area contributed by atoms with Gasteiger partial charge in [-0.25, -0.2) is 0 Å². The summed E-state index contributed by atoms with van der Waals surface area (Å²) in [5.74, 6) is 0.346. The van der Waals surface area contributed by atoms with E-state index in [4.69, 9.17) is 0 Å². The van der Waals surface area contributed by atoms with E-state index < -0.39 is 0 Å². The Morgan fingerprint density at radius 1 is 0.800 bits per heavy atom. The molecule has 4 nitrogen and oxygen atoms in total. The van der Waals surface area contributed by atoms with E-state index in [9.17, 15) is 9.59 Å². The maximum Gasteiger partial charge on any atom is 0.254 e. The van der Waals surface area contributed by atoms with Crippen LogP contribution in [0.15, 0.2) is 42.5 Å². The fourth-order valence-electron chi connectivity index (χ4n) is 5.34. The third kappa shape index (κ3) is 3.64. The summed E-state index contributed by atoms with van der Waals surface area (Å²) in [5.41, 5.74) is 5.00. The fourth-order valence-corrected chi connectivity index (χ4v) is 5.34. The lowest BCUT2D eigenvalue weighted by Gasteiger charge is -2.37. The molecule has 0 N–H and O–H groups in total. The summed E-state index contributed by atoms with van der Waals surface area (Å²) < 4.78 is 0. The zero-order valence-corrected chi connectivity index (χ0v) is 17.6. The van der Waals surface area contributed by atoms with Crippen LogP contribution >= 0.6 is 0 Å². The minimum absolute atomic E-state index is 0.137. The topological polar surface area (TPSA) is 40.6 Å². The summed E-state index contributed by atoms with van der Waals surface area (Å²) >= 11 is 0. The molecule has 0 bridgehead atoms. The Kier molecular flexibility index (Phi) is 5.32. The highest BCUT2D eigenvalue weighted by Gasteiger charge is 2.30. The molecule has 0 radical (unpaired) electrons. The van der Waals surface area contributed by atoms with Crippen LogP contribution in [0.1, 0.15) is 71.2 Å². The van der Waals surface area contributed by atoms with Crippen molar-refractivity contribution >= 4 is 11.8 Å². The largest absolute Gasteiger partial charge is 0.339 e. The Morgan fingerprint density at radius 3 is 2.23 bits per heavy atom. The van der Waals surface area contributed by atoms with Crippen LogP contribution in [-0.2, 0) is 6.42 Å². The van der Waals surface area contributed by atoms with Crippen molar-refractivity contribution in [1.82, 2.24) is 9.80 Å². The van der Waals surface area contributed by atoms with E-state index in [-0.39, 0.29) is 11.8 Å².